The van der Waals surface area contributed by atoms with Crippen LogP contribution >= 0.6 is 22.7 Å². The summed E-state index contributed by atoms with van der Waals surface area (Å²) >= 11 is 3.29. The number of hydrogen-bond acceptors (Lipinski definition) is 8. The number of hydrogen-bond donors (Lipinski definition) is 0. The largest absolute Gasteiger partial charge is 0.352 e. The van der Waals surface area contributed by atoms with Gasteiger partial charge >= 0.3 is 0 Å². The van der Waals surface area contributed by atoms with Crippen molar-refractivity contribution in [2.45, 2.75) is 6.42 Å². The number of halogens is 1. The van der Waals surface area contributed by atoms with Crippen LogP contribution in [0.25, 0.3) is 10.2 Å². The first-order valence-electron chi connectivity index (χ1n) is 9.01. The average Bonchev–Trinajstić information content (AvgIpc) is 3.39. The first-order valence-corrected chi connectivity index (χ1v) is 10.7. The van der Waals surface area contributed by atoms with Gasteiger partial charge in [-0.2, -0.15) is 0 Å². The number of benzene rings is 1. The lowest BCUT2D eigenvalue weighted by molar-refractivity contribution is 0.627. The number of fused-ring (bicyclic) bond motifs is 1. The molecule has 1 fully saturated rings. The van der Waals surface area contributed by atoms with Crippen molar-refractivity contribution >= 4 is 43.8 Å². The van der Waals surface area contributed by atoms with Crippen LogP contribution in [0.5, 0.6) is 0 Å². The Hall–Kier alpha value is -2.65. The van der Waals surface area contributed by atoms with Gasteiger partial charge in [0.15, 0.2) is 0 Å². The molecule has 0 radical (unpaired) electrons. The van der Waals surface area contributed by atoms with E-state index in [0.717, 1.165) is 57.9 Å². The van der Waals surface area contributed by atoms with Gasteiger partial charge in [0.2, 0.25) is 5.13 Å². The van der Waals surface area contributed by atoms with Crippen LogP contribution in [0.3, 0.4) is 0 Å². The van der Waals surface area contributed by atoms with Crippen molar-refractivity contribution in [3.05, 3.63) is 58.4 Å². The Balaban J connectivity index is 1.25. The monoisotopic (exact) mass is 412 g/mol. The van der Waals surface area contributed by atoms with E-state index in [9.17, 15) is 4.39 Å². The Bertz CT molecular complexity index is 1090. The van der Waals surface area contributed by atoms with Crippen LogP contribution in [0.1, 0.15) is 10.6 Å². The van der Waals surface area contributed by atoms with E-state index in [-0.39, 0.29) is 5.82 Å². The highest BCUT2D eigenvalue weighted by Crippen LogP contribution is 2.30. The Kier molecular flexibility index (Phi) is 4.61. The van der Waals surface area contributed by atoms with Crippen LogP contribution in [0.4, 0.5) is 15.3 Å². The highest BCUT2D eigenvalue weighted by Gasteiger charge is 2.22. The fourth-order valence-corrected chi connectivity index (χ4v) is 5.12. The predicted molar refractivity (Wildman–Crippen MR) is 111 cm³/mol. The normalized spacial score (nSPS) is 14.8. The number of piperazine rings is 1. The van der Waals surface area contributed by atoms with Gasteiger partial charge in [0.05, 0.1) is 10.2 Å². The highest BCUT2D eigenvalue weighted by molar-refractivity contribution is 7.17. The summed E-state index contributed by atoms with van der Waals surface area (Å²) in [4.78, 5) is 13.4. The molecule has 0 saturated carbocycles. The molecule has 1 aliphatic heterocycles. The fourth-order valence-electron chi connectivity index (χ4n) is 3.33. The third-order valence-electron chi connectivity index (χ3n) is 4.80. The molecule has 0 bridgehead atoms. The summed E-state index contributed by atoms with van der Waals surface area (Å²) in [6.07, 6.45) is 2.32. The van der Waals surface area contributed by atoms with Gasteiger partial charge in [-0.25, -0.2) is 14.4 Å². The molecule has 0 atom stereocenters. The lowest BCUT2D eigenvalue weighted by Crippen LogP contribution is -2.46. The van der Waals surface area contributed by atoms with E-state index in [1.807, 2.05) is 6.07 Å². The zero-order chi connectivity index (χ0) is 18.9. The maximum atomic E-state index is 13.1. The number of aromatic nitrogens is 4. The van der Waals surface area contributed by atoms with E-state index in [1.165, 1.54) is 12.1 Å². The summed E-state index contributed by atoms with van der Waals surface area (Å²) in [5.74, 6) is 0.803. The Morgan fingerprint density at radius 2 is 1.71 bits per heavy atom. The summed E-state index contributed by atoms with van der Waals surface area (Å²) in [6.45, 7) is 3.53. The molecule has 0 unspecified atom stereocenters. The Morgan fingerprint density at radius 1 is 0.929 bits per heavy atom. The summed E-state index contributed by atoms with van der Waals surface area (Å²) in [5, 5.41) is 12.6. The van der Waals surface area contributed by atoms with Crippen LogP contribution in [0.15, 0.2) is 42.0 Å². The SMILES string of the molecule is Fc1ccc(Cc2nnc(N3CCN(c4ncnc5ccsc45)CC3)s2)cc1. The molecule has 1 aromatic carbocycles. The van der Waals surface area contributed by atoms with E-state index in [0.29, 0.717) is 6.42 Å². The van der Waals surface area contributed by atoms with Gasteiger partial charge in [0, 0.05) is 32.6 Å². The van der Waals surface area contributed by atoms with Crippen molar-refractivity contribution in [2.75, 3.05) is 36.0 Å². The molecular formula is C19H17FN6S2. The molecule has 5 rings (SSSR count). The third kappa shape index (κ3) is 3.43. The van der Waals surface area contributed by atoms with Crippen LogP contribution in [0, 0.1) is 5.82 Å². The van der Waals surface area contributed by atoms with Crippen molar-refractivity contribution in [1.29, 1.82) is 0 Å². The van der Waals surface area contributed by atoms with Crippen molar-refractivity contribution in [3.63, 3.8) is 0 Å². The molecule has 4 aromatic rings. The maximum absolute atomic E-state index is 13.1. The van der Waals surface area contributed by atoms with Crippen molar-refractivity contribution in [2.24, 2.45) is 0 Å². The predicted octanol–water partition coefficient (Wildman–Crippen LogP) is 3.60. The van der Waals surface area contributed by atoms with Gasteiger partial charge < -0.3 is 9.80 Å². The molecule has 4 heterocycles. The zero-order valence-corrected chi connectivity index (χ0v) is 16.6. The number of thiophene rings is 1. The molecule has 6 nitrogen and oxygen atoms in total. The topological polar surface area (TPSA) is 58.0 Å². The molecule has 1 saturated heterocycles. The Morgan fingerprint density at radius 3 is 2.54 bits per heavy atom. The van der Waals surface area contributed by atoms with Gasteiger partial charge in [-0.1, -0.05) is 23.5 Å². The van der Waals surface area contributed by atoms with E-state index < -0.39 is 0 Å². The van der Waals surface area contributed by atoms with Gasteiger partial charge in [-0.05, 0) is 29.1 Å². The molecule has 0 amide bonds. The summed E-state index contributed by atoms with van der Waals surface area (Å²) in [5.41, 5.74) is 2.05. The molecule has 142 valence electrons. The fraction of sp³-hybridized carbons (Fsp3) is 0.263. The molecule has 0 N–H and O–H groups in total. The van der Waals surface area contributed by atoms with Crippen LogP contribution in [0.2, 0.25) is 0 Å². The van der Waals surface area contributed by atoms with E-state index >= 15 is 0 Å². The van der Waals surface area contributed by atoms with E-state index in [4.69, 9.17) is 0 Å². The zero-order valence-electron chi connectivity index (χ0n) is 15.0. The van der Waals surface area contributed by atoms with Crippen molar-refractivity contribution in [1.82, 2.24) is 20.2 Å². The Labute approximate surface area is 169 Å². The summed E-state index contributed by atoms with van der Waals surface area (Å²) in [6, 6.07) is 8.58. The van der Waals surface area contributed by atoms with E-state index in [2.05, 4.69) is 35.3 Å². The number of anilines is 2. The number of rotatable bonds is 4. The molecule has 9 heteroatoms. The first kappa shape index (κ1) is 17.4. The van der Waals surface area contributed by atoms with Gasteiger partial charge in [0.25, 0.3) is 0 Å². The maximum Gasteiger partial charge on any atom is 0.208 e. The molecule has 1 aliphatic rings. The lowest BCUT2D eigenvalue weighted by Gasteiger charge is -2.35. The second-order valence-electron chi connectivity index (χ2n) is 6.59. The highest BCUT2D eigenvalue weighted by atomic mass is 32.1. The molecular weight excluding hydrogens is 395 g/mol. The van der Waals surface area contributed by atoms with Gasteiger partial charge in [-0.15, -0.1) is 21.5 Å². The van der Waals surface area contributed by atoms with Crippen LogP contribution < -0.4 is 9.80 Å². The quantitative estimate of drug-likeness (QED) is 0.511. The second-order valence-corrected chi connectivity index (χ2v) is 8.54. The molecule has 3 aromatic heterocycles. The second kappa shape index (κ2) is 7.40. The van der Waals surface area contributed by atoms with Gasteiger partial charge in [0.1, 0.15) is 23.0 Å². The van der Waals surface area contributed by atoms with Crippen LogP contribution in [-0.2, 0) is 6.42 Å². The minimum atomic E-state index is -0.219. The summed E-state index contributed by atoms with van der Waals surface area (Å²) in [7, 11) is 0. The van der Waals surface area contributed by atoms with Crippen molar-refractivity contribution < 1.29 is 4.39 Å². The minimum Gasteiger partial charge on any atom is -0.352 e. The standard InChI is InChI=1S/C19H17FN6S2/c20-14-3-1-13(2-4-14)11-16-23-24-19(28-16)26-8-6-25(7-9-26)18-17-15(5-10-27-17)21-12-22-18/h1-5,10,12H,6-9,11H2. The number of nitrogens with zero attached hydrogens (tertiary/aromatic N) is 6. The molecule has 0 aliphatic carbocycles. The van der Waals surface area contributed by atoms with Crippen LogP contribution in [-0.4, -0.2) is 46.3 Å². The molecule has 28 heavy (non-hydrogen) atoms. The smallest absolute Gasteiger partial charge is 0.208 e. The average molecular weight is 413 g/mol. The third-order valence-corrected chi connectivity index (χ3v) is 6.68. The summed E-state index contributed by atoms with van der Waals surface area (Å²) < 4.78 is 14.2. The first-order chi connectivity index (χ1) is 13.8. The minimum absolute atomic E-state index is 0.219. The lowest BCUT2D eigenvalue weighted by atomic mass is 10.2. The molecule has 0 spiro atoms. The van der Waals surface area contributed by atoms with E-state index in [1.54, 1.807) is 41.1 Å². The van der Waals surface area contributed by atoms with Crippen molar-refractivity contribution in [3.8, 4) is 0 Å². The van der Waals surface area contributed by atoms with Gasteiger partial charge in [-0.3, -0.25) is 0 Å².